The third-order valence-corrected chi connectivity index (χ3v) is 3.90. The van der Waals surface area contributed by atoms with Crippen LogP contribution in [0.15, 0.2) is 23.4 Å². The van der Waals surface area contributed by atoms with Crippen LogP contribution in [0.4, 0.5) is 8.78 Å². The Labute approximate surface area is 115 Å². The number of benzene rings is 1. The Morgan fingerprint density at radius 2 is 2.00 bits per heavy atom. The summed E-state index contributed by atoms with van der Waals surface area (Å²) in [5.74, 6) is -0.548. The maximum Gasteiger partial charge on any atom is 0.299 e. The number of aryl methyl sites for hydroxylation is 2. The molecule has 4 nitrogen and oxygen atoms in total. The van der Waals surface area contributed by atoms with Crippen LogP contribution in [0.5, 0.6) is 0 Å². The Morgan fingerprint density at radius 3 is 2.53 bits per heavy atom. The van der Waals surface area contributed by atoms with Gasteiger partial charge < -0.3 is 0 Å². The number of rotatable bonds is 3. The van der Waals surface area contributed by atoms with Crippen molar-refractivity contribution in [3.63, 3.8) is 0 Å². The van der Waals surface area contributed by atoms with Gasteiger partial charge in [-0.3, -0.25) is 0 Å². The van der Waals surface area contributed by atoms with Gasteiger partial charge in [0, 0.05) is 0 Å². The second-order valence-electron chi connectivity index (χ2n) is 3.98. The summed E-state index contributed by atoms with van der Waals surface area (Å²) in [5, 5.41) is 3.68. The van der Waals surface area contributed by atoms with Crippen LogP contribution >= 0.6 is 10.7 Å². The number of hydrogen-bond acceptors (Lipinski definition) is 3. The molecule has 0 spiro atoms. The quantitative estimate of drug-likeness (QED) is 0.819. The first-order valence-electron chi connectivity index (χ1n) is 5.29. The van der Waals surface area contributed by atoms with Gasteiger partial charge in [-0.25, -0.2) is 22.7 Å². The fraction of sp³-hybridized carbons (Fsp3) is 0.273. The molecule has 0 saturated heterocycles. The second-order valence-corrected chi connectivity index (χ2v) is 5.70. The molecule has 1 aromatic heterocycles. The fourth-order valence-corrected chi connectivity index (χ4v) is 2.75. The second kappa shape index (κ2) is 5.34. The zero-order chi connectivity index (χ0) is 14.2. The van der Waals surface area contributed by atoms with E-state index in [1.54, 1.807) is 26.0 Å². The molecule has 1 heterocycles. The summed E-state index contributed by atoms with van der Waals surface area (Å²) in [6, 6.07) is 3.34. The summed E-state index contributed by atoms with van der Waals surface area (Å²) in [7, 11) is 3.91. The first kappa shape index (κ1) is 14.1. The van der Waals surface area contributed by atoms with Crippen molar-refractivity contribution in [2.75, 3.05) is 0 Å². The van der Waals surface area contributed by atoms with Crippen molar-refractivity contribution in [2.24, 2.45) is 0 Å². The summed E-state index contributed by atoms with van der Waals surface area (Å²) in [6.45, 7) is 3.57. The Morgan fingerprint density at radius 1 is 1.32 bits per heavy atom. The molecule has 8 heteroatoms. The van der Waals surface area contributed by atoms with Crippen molar-refractivity contribution in [3.8, 4) is 5.69 Å². The molecule has 1 atom stereocenters. The van der Waals surface area contributed by atoms with E-state index in [4.69, 9.17) is 10.7 Å². The topological polar surface area (TPSA) is 47.8 Å². The number of aromatic nitrogens is 3. The average molecular weight is 306 g/mol. The van der Waals surface area contributed by atoms with Crippen molar-refractivity contribution >= 4 is 20.7 Å². The lowest BCUT2D eigenvalue weighted by Crippen LogP contribution is -2.02. The van der Waals surface area contributed by atoms with Crippen LogP contribution in [0.25, 0.3) is 5.69 Å². The van der Waals surface area contributed by atoms with Gasteiger partial charge in [0.05, 0.1) is 10.6 Å². The number of halogens is 3. The van der Waals surface area contributed by atoms with Gasteiger partial charge in [-0.1, -0.05) is 6.07 Å². The first-order valence-corrected chi connectivity index (χ1v) is 7.27. The fourth-order valence-electron chi connectivity index (χ4n) is 1.73. The molecule has 1 unspecified atom stereocenters. The minimum absolute atomic E-state index is 0.427. The molecule has 0 saturated carbocycles. The number of alkyl halides is 2. The van der Waals surface area contributed by atoms with E-state index in [1.165, 1.54) is 11.0 Å². The Balaban J connectivity index is 2.54. The molecule has 0 aliphatic heterocycles. The predicted octanol–water partition coefficient (Wildman–Crippen LogP) is 3.08. The van der Waals surface area contributed by atoms with Crippen molar-refractivity contribution in [1.82, 2.24) is 14.8 Å². The van der Waals surface area contributed by atoms with E-state index >= 15 is 0 Å². The Hall–Kier alpha value is -1.34. The molecule has 0 radical (unpaired) electrons. The minimum Gasteiger partial charge on any atom is -0.237 e. The SMILES string of the molecule is Cc1cc(C)c(S(=O)Cl)cc1-n1cnc(C(F)F)n1. The highest BCUT2D eigenvalue weighted by molar-refractivity contribution is 8.08. The van der Waals surface area contributed by atoms with Gasteiger partial charge in [0.15, 0.2) is 0 Å². The van der Waals surface area contributed by atoms with Crippen LogP contribution in [-0.4, -0.2) is 19.0 Å². The molecular formula is C11H10ClF2N3OS. The molecule has 2 rings (SSSR count). The highest BCUT2D eigenvalue weighted by atomic mass is 35.7. The molecule has 0 aliphatic rings. The molecular weight excluding hydrogens is 296 g/mol. The van der Waals surface area contributed by atoms with E-state index in [-0.39, 0.29) is 0 Å². The van der Waals surface area contributed by atoms with Gasteiger partial charge in [-0.2, -0.15) is 0 Å². The van der Waals surface area contributed by atoms with Gasteiger partial charge in [-0.05, 0) is 41.7 Å². The maximum absolute atomic E-state index is 12.5. The van der Waals surface area contributed by atoms with E-state index in [9.17, 15) is 13.0 Å². The average Bonchev–Trinajstić information content (AvgIpc) is 2.77. The van der Waals surface area contributed by atoms with Crippen molar-refractivity contribution in [2.45, 2.75) is 25.2 Å². The molecule has 102 valence electrons. The zero-order valence-electron chi connectivity index (χ0n) is 10.1. The lowest BCUT2D eigenvalue weighted by atomic mass is 10.1. The summed E-state index contributed by atoms with van der Waals surface area (Å²) in [5.41, 5.74) is 2.09. The zero-order valence-corrected chi connectivity index (χ0v) is 11.7. The van der Waals surface area contributed by atoms with Crippen LogP contribution < -0.4 is 0 Å². The van der Waals surface area contributed by atoms with Gasteiger partial charge in [0.25, 0.3) is 6.43 Å². The maximum atomic E-state index is 12.5. The molecule has 19 heavy (non-hydrogen) atoms. The third kappa shape index (κ3) is 2.82. The standard InChI is InChI=1S/C11H10ClF2N3OS/c1-6-3-7(2)9(19(12)18)4-8(6)17-5-15-11(16-17)10(13)14/h3-5,10H,1-2H3. The van der Waals surface area contributed by atoms with E-state index in [1.807, 2.05) is 0 Å². The largest absolute Gasteiger partial charge is 0.299 e. The molecule has 0 N–H and O–H groups in total. The van der Waals surface area contributed by atoms with Gasteiger partial charge in [-0.15, -0.1) is 5.10 Å². The molecule has 0 amide bonds. The number of hydrogen-bond donors (Lipinski definition) is 0. The lowest BCUT2D eigenvalue weighted by molar-refractivity contribution is 0.140. The first-order chi connectivity index (χ1) is 8.90. The molecule has 2 aromatic rings. The van der Waals surface area contributed by atoms with Crippen LogP contribution in [0.2, 0.25) is 0 Å². The monoisotopic (exact) mass is 305 g/mol. The lowest BCUT2D eigenvalue weighted by Gasteiger charge is -2.09. The van der Waals surface area contributed by atoms with Crippen LogP contribution in [-0.2, 0) is 10.0 Å². The van der Waals surface area contributed by atoms with Crippen molar-refractivity contribution < 1.29 is 13.0 Å². The molecule has 0 fully saturated rings. The summed E-state index contributed by atoms with van der Waals surface area (Å²) in [6.07, 6.45) is -1.53. The summed E-state index contributed by atoms with van der Waals surface area (Å²) in [4.78, 5) is 3.95. The van der Waals surface area contributed by atoms with Crippen LogP contribution in [0, 0.1) is 13.8 Å². The normalized spacial score (nSPS) is 12.9. The van der Waals surface area contributed by atoms with E-state index in [0.29, 0.717) is 10.6 Å². The molecule has 0 bridgehead atoms. The van der Waals surface area contributed by atoms with Crippen LogP contribution in [0.3, 0.4) is 0 Å². The van der Waals surface area contributed by atoms with Crippen molar-refractivity contribution in [1.29, 1.82) is 0 Å². The summed E-state index contributed by atoms with van der Waals surface area (Å²) >= 11 is 0. The Bertz CT molecular complexity index is 645. The highest BCUT2D eigenvalue weighted by Gasteiger charge is 2.15. The van der Waals surface area contributed by atoms with Gasteiger partial charge in [0.2, 0.25) is 5.82 Å². The van der Waals surface area contributed by atoms with E-state index in [0.717, 1.165) is 11.1 Å². The highest BCUT2D eigenvalue weighted by Crippen LogP contribution is 2.24. The molecule has 1 aromatic carbocycles. The third-order valence-electron chi connectivity index (χ3n) is 2.62. The van der Waals surface area contributed by atoms with Crippen molar-refractivity contribution in [3.05, 3.63) is 35.4 Å². The van der Waals surface area contributed by atoms with Gasteiger partial charge in [0.1, 0.15) is 16.3 Å². The van der Waals surface area contributed by atoms with E-state index in [2.05, 4.69) is 10.1 Å². The van der Waals surface area contributed by atoms with Gasteiger partial charge >= 0.3 is 0 Å². The predicted molar refractivity (Wildman–Crippen MR) is 68.1 cm³/mol. The Kier molecular flexibility index (Phi) is 3.96. The van der Waals surface area contributed by atoms with E-state index < -0.39 is 22.3 Å². The minimum atomic E-state index is -2.73. The van der Waals surface area contributed by atoms with Crippen LogP contribution in [0.1, 0.15) is 23.4 Å². The molecule has 0 aliphatic carbocycles. The smallest absolute Gasteiger partial charge is 0.237 e. The summed E-state index contributed by atoms with van der Waals surface area (Å²) < 4.78 is 37.5. The number of nitrogens with zero attached hydrogens (tertiary/aromatic N) is 3.